The van der Waals surface area contributed by atoms with E-state index in [-0.39, 0.29) is 12.0 Å². The smallest absolute Gasteiger partial charge is 0.220 e. The van der Waals surface area contributed by atoms with E-state index in [9.17, 15) is 4.79 Å². The molecule has 0 spiro atoms. The zero-order chi connectivity index (χ0) is 20.1. The number of morpholine rings is 1. The number of anilines is 1. The van der Waals surface area contributed by atoms with Crippen molar-refractivity contribution in [2.45, 2.75) is 38.8 Å². The summed E-state index contributed by atoms with van der Waals surface area (Å²) in [7, 11) is 0. The second-order valence-electron chi connectivity index (χ2n) is 7.36. The standard InChI is InChI=1S/C22H26N4O2S/c1-16-15-26(11-12-28-16)20-10-9-17(13-23-20)14-24-21(27)7-4-8-22-25-18-5-2-3-6-19(18)29-22/h2-3,5-6,9-10,13,16H,4,7-8,11-12,14-15H2,1H3,(H,24,27)/t16-/m0/s1. The van der Waals surface area contributed by atoms with E-state index in [1.54, 1.807) is 11.3 Å². The third-order valence-corrected chi connectivity index (χ3v) is 6.09. The van der Waals surface area contributed by atoms with Crippen LogP contribution in [0.25, 0.3) is 10.2 Å². The van der Waals surface area contributed by atoms with Crippen LogP contribution in [-0.2, 0) is 22.5 Å². The Morgan fingerprint density at radius 1 is 1.31 bits per heavy atom. The van der Waals surface area contributed by atoms with Gasteiger partial charge in [0.15, 0.2) is 0 Å². The van der Waals surface area contributed by atoms with Gasteiger partial charge in [-0.3, -0.25) is 4.79 Å². The van der Waals surface area contributed by atoms with E-state index in [1.807, 2.05) is 36.5 Å². The van der Waals surface area contributed by atoms with Crippen LogP contribution in [0.15, 0.2) is 42.6 Å². The van der Waals surface area contributed by atoms with Crippen LogP contribution in [0.2, 0.25) is 0 Å². The minimum atomic E-state index is 0.0668. The monoisotopic (exact) mass is 410 g/mol. The van der Waals surface area contributed by atoms with Crippen LogP contribution in [0, 0.1) is 0 Å². The summed E-state index contributed by atoms with van der Waals surface area (Å²) in [5.41, 5.74) is 2.05. The van der Waals surface area contributed by atoms with Crippen LogP contribution in [0.3, 0.4) is 0 Å². The SMILES string of the molecule is C[C@H]1CN(c2ccc(CNC(=O)CCCc3nc4ccccc4s3)cn2)CCO1. The molecule has 3 heterocycles. The van der Waals surface area contributed by atoms with E-state index in [1.165, 1.54) is 4.70 Å². The van der Waals surface area contributed by atoms with E-state index in [0.717, 1.165) is 54.4 Å². The fourth-order valence-electron chi connectivity index (χ4n) is 3.45. The molecule has 1 saturated heterocycles. The molecule has 1 fully saturated rings. The Morgan fingerprint density at radius 3 is 3.00 bits per heavy atom. The lowest BCUT2D eigenvalue weighted by Gasteiger charge is -2.32. The van der Waals surface area contributed by atoms with Crippen LogP contribution in [0.4, 0.5) is 5.82 Å². The molecule has 0 unspecified atom stereocenters. The molecule has 7 heteroatoms. The van der Waals surface area contributed by atoms with Crippen molar-refractivity contribution < 1.29 is 9.53 Å². The summed E-state index contributed by atoms with van der Waals surface area (Å²) in [6.45, 7) is 5.04. The van der Waals surface area contributed by atoms with E-state index in [4.69, 9.17) is 4.74 Å². The number of amides is 1. The molecule has 2 aromatic heterocycles. The number of carbonyl (C=O) groups excluding carboxylic acids is 1. The van der Waals surface area contributed by atoms with Crippen molar-refractivity contribution in [3.63, 3.8) is 0 Å². The van der Waals surface area contributed by atoms with Crippen molar-refractivity contribution in [1.82, 2.24) is 15.3 Å². The Balaban J connectivity index is 1.20. The number of ether oxygens (including phenoxy) is 1. The number of fused-ring (bicyclic) bond motifs is 1. The number of nitrogens with one attached hydrogen (secondary N) is 1. The molecule has 4 rings (SSSR count). The molecule has 6 nitrogen and oxygen atoms in total. The van der Waals surface area contributed by atoms with Crippen molar-refractivity contribution in [1.29, 1.82) is 0 Å². The summed E-state index contributed by atoms with van der Waals surface area (Å²) in [6, 6.07) is 12.2. The van der Waals surface area contributed by atoms with Gasteiger partial charge in [-0.1, -0.05) is 18.2 Å². The maximum atomic E-state index is 12.2. The van der Waals surface area contributed by atoms with Gasteiger partial charge in [-0.2, -0.15) is 0 Å². The van der Waals surface area contributed by atoms with Gasteiger partial charge in [0, 0.05) is 32.3 Å². The van der Waals surface area contributed by atoms with Gasteiger partial charge < -0.3 is 15.0 Å². The van der Waals surface area contributed by atoms with E-state index < -0.39 is 0 Å². The van der Waals surface area contributed by atoms with Gasteiger partial charge >= 0.3 is 0 Å². The van der Waals surface area contributed by atoms with Crippen LogP contribution in [0.5, 0.6) is 0 Å². The number of para-hydroxylation sites is 1. The van der Waals surface area contributed by atoms with Crippen molar-refractivity contribution in [2.75, 3.05) is 24.6 Å². The molecular formula is C22H26N4O2S. The van der Waals surface area contributed by atoms with Crippen LogP contribution in [0.1, 0.15) is 30.3 Å². The average molecular weight is 411 g/mol. The molecule has 0 saturated carbocycles. The molecule has 1 atom stereocenters. The quantitative estimate of drug-likeness (QED) is 0.645. The lowest BCUT2D eigenvalue weighted by atomic mass is 10.2. The predicted molar refractivity (Wildman–Crippen MR) is 116 cm³/mol. The van der Waals surface area contributed by atoms with Gasteiger partial charge in [0.1, 0.15) is 5.82 Å². The van der Waals surface area contributed by atoms with Gasteiger partial charge in [0.05, 0.1) is 27.9 Å². The Hall–Kier alpha value is -2.51. The topological polar surface area (TPSA) is 67.4 Å². The largest absolute Gasteiger partial charge is 0.375 e. The number of aryl methyl sites for hydroxylation is 1. The summed E-state index contributed by atoms with van der Waals surface area (Å²) in [5.74, 6) is 1.03. The van der Waals surface area contributed by atoms with Crippen molar-refractivity contribution >= 4 is 33.3 Å². The number of pyridine rings is 1. The minimum Gasteiger partial charge on any atom is -0.375 e. The fourth-order valence-corrected chi connectivity index (χ4v) is 4.46. The maximum absolute atomic E-state index is 12.2. The Morgan fingerprint density at radius 2 is 2.21 bits per heavy atom. The summed E-state index contributed by atoms with van der Waals surface area (Å²) in [5, 5.41) is 4.08. The van der Waals surface area contributed by atoms with Gasteiger partial charge in [-0.15, -0.1) is 11.3 Å². The number of rotatable bonds is 7. The zero-order valence-electron chi connectivity index (χ0n) is 16.6. The number of hydrogen-bond donors (Lipinski definition) is 1. The van der Waals surface area contributed by atoms with E-state index >= 15 is 0 Å². The number of thiazole rings is 1. The second-order valence-corrected chi connectivity index (χ2v) is 8.47. The highest BCUT2D eigenvalue weighted by molar-refractivity contribution is 7.18. The Bertz CT molecular complexity index is 924. The lowest BCUT2D eigenvalue weighted by Crippen LogP contribution is -2.41. The first-order valence-corrected chi connectivity index (χ1v) is 10.9. The molecule has 29 heavy (non-hydrogen) atoms. The van der Waals surface area contributed by atoms with E-state index in [2.05, 4.69) is 33.2 Å². The molecule has 0 radical (unpaired) electrons. The second kappa shape index (κ2) is 9.33. The molecule has 152 valence electrons. The first kappa shape index (κ1) is 19.8. The first-order valence-electron chi connectivity index (χ1n) is 10.1. The third kappa shape index (κ3) is 5.31. The molecule has 1 aliphatic heterocycles. The van der Waals surface area contributed by atoms with Crippen molar-refractivity contribution in [2.24, 2.45) is 0 Å². The summed E-state index contributed by atoms with van der Waals surface area (Å²) in [4.78, 5) is 23.6. The van der Waals surface area contributed by atoms with Gasteiger partial charge in [0.25, 0.3) is 0 Å². The van der Waals surface area contributed by atoms with Gasteiger partial charge in [0.2, 0.25) is 5.91 Å². The number of aromatic nitrogens is 2. The molecule has 0 bridgehead atoms. The fraction of sp³-hybridized carbons (Fsp3) is 0.409. The number of carbonyl (C=O) groups is 1. The van der Waals surface area contributed by atoms with Crippen molar-refractivity contribution in [3.05, 3.63) is 53.2 Å². The van der Waals surface area contributed by atoms with Gasteiger partial charge in [-0.25, -0.2) is 9.97 Å². The average Bonchev–Trinajstić information content (AvgIpc) is 3.15. The molecule has 3 aromatic rings. The highest BCUT2D eigenvalue weighted by atomic mass is 32.1. The number of hydrogen-bond acceptors (Lipinski definition) is 6. The lowest BCUT2D eigenvalue weighted by molar-refractivity contribution is -0.121. The number of nitrogens with zero attached hydrogens (tertiary/aromatic N) is 3. The molecule has 1 amide bonds. The third-order valence-electron chi connectivity index (χ3n) is 5.00. The normalized spacial score (nSPS) is 16.9. The zero-order valence-corrected chi connectivity index (χ0v) is 17.5. The van der Waals surface area contributed by atoms with Crippen LogP contribution >= 0.6 is 11.3 Å². The molecule has 0 aliphatic carbocycles. The molecule has 1 N–H and O–H groups in total. The van der Waals surface area contributed by atoms with E-state index in [0.29, 0.717) is 13.0 Å². The predicted octanol–water partition coefficient (Wildman–Crippen LogP) is 3.56. The molecular weight excluding hydrogens is 384 g/mol. The summed E-state index contributed by atoms with van der Waals surface area (Å²) in [6.07, 6.45) is 4.22. The first-order chi connectivity index (χ1) is 14.2. The maximum Gasteiger partial charge on any atom is 0.220 e. The van der Waals surface area contributed by atoms with Crippen LogP contribution in [-0.4, -0.2) is 41.7 Å². The highest BCUT2D eigenvalue weighted by Crippen LogP contribution is 2.22. The van der Waals surface area contributed by atoms with Gasteiger partial charge in [-0.05, 0) is 43.5 Å². The molecule has 1 aromatic carbocycles. The minimum absolute atomic E-state index is 0.0668. The van der Waals surface area contributed by atoms with Crippen molar-refractivity contribution in [3.8, 4) is 0 Å². The Labute approximate surface area is 174 Å². The van der Waals surface area contributed by atoms with Crippen LogP contribution < -0.4 is 10.2 Å². The number of benzene rings is 1. The highest BCUT2D eigenvalue weighted by Gasteiger charge is 2.17. The molecule has 1 aliphatic rings. The summed E-state index contributed by atoms with van der Waals surface area (Å²) < 4.78 is 6.78. The summed E-state index contributed by atoms with van der Waals surface area (Å²) >= 11 is 1.71. The Kier molecular flexibility index (Phi) is 6.36.